The van der Waals surface area contributed by atoms with E-state index in [0.717, 1.165) is 37.8 Å². The topological polar surface area (TPSA) is 58.0 Å². The third-order valence-electron chi connectivity index (χ3n) is 4.77. The Kier molecular flexibility index (Phi) is 3.68. The molecule has 1 aliphatic rings. The van der Waals surface area contributed by atoms with Gasteiger partial charge in [-0.15, -0.1) is 10.2 Å². The van der Waals surface area contributed by atoms with Crippen LogP contribution in [0.4, 0.5) is 0 Å². The van der Waals surface area contributed by atoms with Gasteiger partial charge < -0.3 is 9.40 Å². The number of hydrogen-bond donors (Lipinski definition) is 1. The molecule has 3 aromatic rings. The summed E-state index contributed by atoms with van der Waals surface area (Å²) in [7, 11) is 0. The Labute approximate surface area is 142 Å². The highest BCUT2D eigenvalue weighted by Crippen LogP contribution is 2.30. The van der Waals surface area contributed by atoms with Gasteiger partial charge in [-0.25, -0.2) is 0 Å². The summed E-state index contributed by atoms with van der Waals surface area (Å²) in [5.41, 5.74) is 2.47. The molecule has 0 bridgehead atoms. The second kappa shape index (κ2) is 5.74. The number of aromatic nitrogens is 3. The molecule has 0 spiro atoms. The summed E-state index contributed by atoms with van der Waals surface area (Å²) in [6.45, 7) is 9.30. The molecule has 4 rings (SSSR count). The largest absolute Gasteiger partial charge is 0.424 e. The van der Waals surface area contributed by atoms with Crippen LogP contribution in [0.15, 0.2) is 34.9 Å². The van der Waals surface area contributed by atoms with Crippen LogP contribution in [-0.2, 0) is 12.0 Å². The highest BCUT2D eigenvalue weighted by Gasteiger charge is 2.30. The zero-order valence-electron chi connectivity index (χ0n) is 14.5. The summed E-state index contributed by atoms with van der Waals surface area (Å²) in [6, 6.07) is 8.47. The van der Waals surface area contributed by atoms with Crippen LogP contribution in [0.5, 0.6) is 0 Å². The zero-order chi connectivity index (χ0) is 16.7. The Morgan fingerprint density at radius 2 is 2.08 bits per heavy atom. The third-order valence-corrected chi connectivity index (χ3v) is 4.77. The van der Waals surface area contributed by atoms with Crippen molar-refractivity contribution >= 4 is 10.9 Å². The van der Waals surface area contributed by atoms with E-state index in [2.05, 4.69) is 71.3 Å². The molecule has 1 saturated heterocycles. The molecule has 0 amide bonds. The van der Waals surface area contributed by atoms with Gasteiger partial charge in [-0.1, -0.05) is 39.0 Å². The minimum atomic E-state index is -0.0897. The molecule has 1 aromatic carbocycles. The molecule has 0 unspecified atom stereocenters. The minimum absolute atomic E-state index is 0.0897. The van der Waals surface area contributed by atoms with Gasteiger partial charge >= 0.3 is 0 Å². The predicted octanol–water partition coefficient (Wildman–Crippen LogP) is 3.84. The van der Waals surface area contributed by atoms with Crippen molar-refractivity contribution < 1.29 is 4.42 Å². The Bertz CT molecular complexity index is 842. The molecule has 1 fully saturated rings. The standard InChI is InChI=1S/C19H24N4O/c1-19(2,3)18-22-21-17(24-18)13-8-9-23(11-13)12-14-10-20-16-7-5-4-6-15(14)16/h4-7,10,13,20H,8-9,11-12H2,1-3H3/t13-/m0/s1. The molecule has 0 radical (unpaired) electrons. The van der Waals surface area contributed by atoms with Gasteiger partial charge in [0.15, 0.2) is 0 Å². The molecule has 3 heterocycles. The maximum atomic E-state index is 5.93. The molecule has 1 N–H and O–H groups in total. The average molecular weight is 324 g/mol. The van der Waals surface area contributed by atoms with E-state index in [1.54, 1.807) is 0 Å². The lowest BCUT2D eigenvalue weighted by atomic mass is 9.97. The fourth-order valence-corrected chi connectivity index (χ4v) is 3.38. The first-order chi connectivity index (χ1) is 11.5. The number of fused-ring (bicyclic) bond motifs is 1. The summed E-state index contributed by atoms with van der Waals surface area (Å²) in [5, 5.41) is 9.84. The molecular formula is C19H24N4O. The maximum absolute atomic E-state index is 5.93. The Balaban J connectivity index is 1.46. The monoisotopic (exact) mass is 324 g/mol. The molecule has 5 nitrogen and oxygen atoms in total. The first kappa shape index (κ1) is 15.4. The van der Waals surface area contributed by atoms with Crippen LogP contribution in [0.25, 0.3) is 10.9 Å². The van der Waals surface area contributed by atoms with Crippen LogP contribution in [0.3, 0.4) is 0 Å². The number of benzene rings is 1. The third kappa shape index (κ3) is 2.84. The van der Waals surface area contributed by atoms with E-state index in [0.29, 0.717) is 5.92 Å². The number of rotatable bonds is 3. The van der Waals surface area contributed by atoms with Gasteiger partial charge in [0.2, 0.25) is 11.8 Å². The number of hydrogen-bond acceptors (Lipinski definition) is 4. The van der Waals surface area contributed by atoms with Crippen molar-refractivity contribution in [2.75, 3.05) is 13.1 Å². The van der Waals surface area contributed by atoms with Gasteiger partial charge in [0.05, 0.1) is 5.92 Å². The van der Waals surface area contributed by atoms with Crippen molar-refractivity contribution in [3.63, 3.8) is 0 Å². The van der Waals surface area contributed by atoms with Crippen LogP contribution in [0.1, 0.15) is 50.5 Å². The summed E-state index contributed by atoms with van der Waals surface area (Å²) in [5.74, 6) is 1.87. The van der Waals surface area contributed by atoms with Gasteiger partial charge in [-0.2, -0.15) is 0 Å². The van der Waals surface area contributed by atoms with E-state index in [1.165, 1.54) is 16.5 Å². The van der Waals surface area contributed by atoms with E-state index >= 15 is 0 Å². The first-order valence-electron chi connectivity index (χ1n) is 8.62. The van der Waals surface area contributed by atoms with Gasteiger partial charge in [0.1, 0.15) is 0 Å². The average Bonchev–Trinajstić information content (AvgIpc) is 3.26. The molecule has 0 aliphatic carbocycles. The fourth-order valence-electron chi connectivity index (χ4n) is 3.38. The van der Waals surface area contributed by atoms with E-state index in [4.69, 9.17) is 4.42 Å². The van der Waals surface area contributed by atoms with Crippen LogP contribution in [-0.4, -0.2) is 33.2 Å². The highest BCUT2D eigenvalue weighted by molar-refractivity contribution is 5.82. The van der Waals surface area contributed by atoms with Crippen molar-refractivity contribution in [3.05, 3.63) is 47.8 Å². The first-order valence-corrected chi connectivity index (χ1v) is 8.62. The normalized spacial score (nSPS) is 19.4. The van der Waals surface area contributed by atoms with E-state index < -0.39 is 0 Å². The SMILES string of the molecule is CC(C)(C)c1nnc([C@H]2CCN(Cc3c[nH]c4ccccc34)C2)o1. The van der Waals surface area contributed by atoms with Gasteiger partial charge in [-0.05, 0) is 24.6 Å². The van der Waals surface area contributed by atoms with Crippen molar-refractivity contribution in [3.8, 4) is 0 Å². The number of para-hydroxylation sites is 1. The molecular weight excluding hydrogens is 300 g/mol. The van der Waals surface area contributed by atoms with Gasteiger partial charge in [0, 0.05) is 35.6 Å². The van der Waals surface area contributed by atoms with Gasteiger partial charge in [0.25, 0.3) is 0 Å². The quantitative estimate of drug-likeness (QED) is 0.795. The molecule has 1 atom stereocenters. The van der Waals surface area contributed by atoms with E-state index in [1.807, 2.05) is 0 Å². The number of likely N-dealkylation sites (tertiary alicyclic amines) is 1. The van der Waals surface area contributed by atoms with Crippen LogP contribution in [0.2, 0.25) is 0 Å². The highest BCUT2D eigenvalue weighted by atomic mass is 16.4. The lowest BCUT2D eigenvalue weighted by Gasteiger charge is -2.14. The smallest absolute Gasteiger partial charge is 0.221 e. The molecule has 0 saturated carbocycles. The Morgan fingerprint density at radius 1 is 1.25 bits per heavy atom. The van der Waals surface area contributed by atoms with Crippen molar-refractivity contribution in [2.24, 2.45) is 0 Å². The van der Waals surface area contributed by atoms with Gasteiger partial charge in [-0.3, -0.25) is 4.90 Å². The number of nitrogens with zero attached hydrogens (tertiary/aromatic N) is 3. The summed E-state index contributed by atoms with van der Waals surface area (Å²) in [6.07, 6.45) is 3.20. The summed E-state index contributed by atoms with van der Waals surface area (Å²) >= 11 is 0. The summed E-state index contributed by atoms with van der Waals surface area (Å²) in [4.78, 5) is 5.83. The van der Waals surface area contributed by atoms with Crippen LogP contribution < -0.4 is 0 Å². The molecule has 1 aliphatic heterocycles. The molecule has 5 heteroatoms. The number of aromatic amines is 1. The van der Waals surface area contributed by atoms with Crippen molar-refractivity contribution in [1.82, 2.24) is 20.1 Å². The minimum Gasteiger partial charge on any atom is -0.424 e. The number of H-pyrrole nitrogens is 1. The molecule has 2 aromatic heterocycles. The van der Waals surface area contributed by atoms with Crippen molar-refractivity contribution in [1.29, 1.82) is 0 Å². The second-order valence-corrected chi connectivity index (χ2v) is 7.78. The molecule has 126 valence electrons. The molecule has 24 heavy (non-hydrogen) atoms. The van der Waals surface area contributed by atoms with E-state index in [9.17, 15) is 0 Å². The zero-order valence-corrected chi connectivity index (χ0v) is 14.5. The van der Waals surface area contributed by atoms with Crippen LogP contribution >= 0.6 is 0 Å². The summed E-state index contributed by atoms with van der Waals surface area (Å²) < 4.78 is 5.93. The van der Waals surface area contributed by atoms with E-state index in [-0.39, 0.29) is 5.41 Å². The fraction of sp³-hybridized carbons (Fsp3) is 0.474. The second-order valence-electron chi connectivity index (χ2n) is 7.78. The number of nitrogens with one attached hydrogen (secondary N) is 1. The predicted molar refractivity (Wildman–Crippen MR) is 93.9 cm³/mol. The maximum Gasteiger partial charge on any atom is 0.221 e. The Hall–Kier alpha value is -2.14. The lowest BCUT2D eigenvalue weighted by molar-refractivity contribution is 0.314. The van der Waals surface area contributed by atoms with Crippen LogP contribution in [0, 0.1) is 0 Å². The van der Waals surface area contributed by atoms with Crippen molar-refractivity contribution in [2.45, 2.75) is 45.1 Å². The lowest BCUT2D eigenvalue weighted by Crippen LogP contribution is -2.19. The Morgan fingerprint density at radius 3 is 2.88 bits per heavy atom.